The summed E-state index contributed by atoms with van der Waals surface area (Å²) in [4.78, 5) is 15.4. The van der Waals surface area contributed by atoms with Crippen LogP contribution in [0.3, 0.4) is 0 Å². The van der Waals surface area contributed by atoms with Gasteiger partial charge in [0.2, 0.25) is 0 Å². The number of rotatable bonds is 3. The second-order valence-electron chi connectivity index (χ2n) is 4.22. The van der Waals surface area contributed by atoms with Gasteiger partial charge in [-0.05, 0) is 37.1 Å². The Kier molecular flexibility index (Phi) is 3.89. The summed E-state index contributed by atoms with van der Waals surface area (Å²) in [5, 5.41) is 12.4. The number of nitrogens with zero attached hydrogens (tertiary/aromatic N) is 1. The molecule has 2 rings (SSSR count). The zero-order valence-corrected chi connectivity index (χ0v) is 10.6. The van der Waals surface area contributed by atoms with Crippen LogP contribution >= 0.6 is 11.8 Å². The van der Waals surface area contributed by atoms with E-state index in [1.165, 1.54) is 12.2 Å². The largest absolute Gasteiger partial charge is 0.478 e. The summed E-state index contributed by atoms with van der Waals surface area (Å²) < 4.78 is 0. The van der Waals surface area contributed by atoms with Crippen molar-refractivity contribution in [2.75, 3.05) is 16.8 Å². The second kappa shape index (κ2) is 5.40. The molecule has 1 saturated heterocycles. The number of thioether (sulfide) groups is 1. The predicted octanol–water partition coefficient (Wildman–Crippen LogP) is 2.40. The zero-order chi connectivity index (χ0) is 12.3. The summed E-state index contributed by atoms with van der Waals surface area (Å²) in [6.07, 6.45) is 3.91. The van der Waals surface area contributed by atoms with Crippen molar-refractivity contribution in [3.63, 3.8) is 0 Å². The first kappa shape index (κ1) is 12.2. The number of hydrogen-bond acceptors (Lipinski definition) is 4. The number of pyridine rings is 1. The minimum absolute atomic E-state index is 0.295. The van der Waals surface area contributed by atoms with Crippen LogP contribution in [0.2, 0.25) is 0 Å². The van der Waals surface area contributed by atoms with E-state index in [1.807, 2.05) is 11.8 Å². The first-order chi connectivity index (χ1) is 8.18. The van der Waals surface area contributed by atoms with Gasteiger partial charge in [0.05, 0.1) is 0 Å². The molecule has 2 heterocycles. The van der Waals surface area contributed by atoms with Gasteiger partial charge in [-0.2, -0.15) is 11.8 Å². The summed E-state index contributed by atoms with van der Waals surface area (Å²) >= 11 is 1.90. The maximum Gasteiger partial charge on any atom is 0.339 e. The Morgan fingerprint density at radius 1 is 1.65 bits per heavy atom. The number of carboxylic acids is 1. The lowest BCUT2D eigenvalue weighted by Gasteiger charge is -2.23. The van der Waals surface area contributed by atoms with Crippen LogP contribution in [0.4, 0.5) is 5.82 Å². The van der Waals surface area contributed by atoms with Gasteiger partial charge >= 0.3 is 5.97 Å². The van der Waals surface area contributed by atoms with Crippen LogP contribution < -0.4 is 5.32 Å². The Balaban J connectivity index is 2.19. The third kappa shape index (κ3) is 2.91. The number of aromatic nitrogens is 1. The van der Waals surface area contributed by atoms with E-state index in [0.29, 0.717) is 17.4 Å². The lowest BCUT2D eigenvalue weighted by atomic mass is 10.1. The third-order valence-corrected chi connectivity index (χ3v) is 4.09. The zero-order valence-electron chi connectivity index (χ0n) is 9.77. The summed E-state index contributed by atoms with van der Waals surface area (Å²) in [5.41, 5.74) is 1.04. The molecule has 1 aromatic rings. The third-order valence-electron chi connectivity index (χ3n) is 2.87. The standard InChI is InChI=1S/C12H16N2O2S/c1-8-4-5-13-11(10(8)12(15)16)14-9-3-2-6-17-7-9/h4-5,9H,2-3,6-7H2,1H3,(H,13,14)(H,15,16). The Morgan fingerprint density at radius 2 is 2.47 bits per heavy atom. The number of carbonyl (C=O) groups is 1. The molecule has 1 unspecified atom stereocenters. The van der Waals surface area contributed by atoms with Crippen molar-refractivity contribution in [3.05, 3.63) is 23.4 Å². The van der Waals surface area contributed by atoms with Gasteiger partial charge in [-0.1, -0.05) is 0 Å². The van der Waals surface area contributed by atoms with Crippen LogP contribution in [0.1, 0.15) is 28.8 Å². The summed E-state index contributed by atoms with van der Waals surface area (Å²) in [6.45, 7) is 1.80. The van der Waals surface area contributed by atoms with E-state index in [0.717, 1.165) is 17.7 Å². The van der Waals surface area contributed by atoms with E-state index in [-0.39, 0.29) is 0 Å². The number of hydrogen-bond donors (Lipinski definition) is 2. The number of anilines is 1. The number of nitrogens with one attached hydrogen (secondary N) is 1. The van der Waals surface area contributed by atoms with E-state index < -0.39 is 5.97 Å². The molecule has 17 heavy (non-hydrogen) atoms. The average Bonchev–Trinajstić information content (AvgIpc) is 2.30. The molecule has 0 spiro atoms. The predicted molar refractivity (Wildman–Crippen MR) is 69.9 cm³/mol. The van der Waals surface area contributed by atoms with Gasteiger partial charge in [0.1, 0.15) is 11.4 Å². The minimum atomic E-state index is -0.915. The van der Waals surface area contributed by atoms with Crippen LogP contribution in [-0.2, 0) is 0 Å². The number of aromatic carboxylic acids is 1. The maximum absolute atomic E-state index is 11.2. The molecule has 1 fully saturated rings. The van der Waals surface area contributed by atoms with Crippen LogP contribution in [0.5, 0.6) is 0 Å². The van der Waals surface area contributed by atoms with Crippen molar-refractivity contribution in [2.45, 2.75) is 25.8 Å². The lowest BCUT2D eigenvalue weighted by Crippen LogP contribution is -2.27. The molecule has 0 saturated carbocycles. The highest BCUT2D eigenvalue weighted by Gasteiger charge is 2.19. The van der Waals surface area contributed by atoms with Gasteiger partial charge in [-0.25, -0.2) is 9.78 Å². The maximum atomic E-state index is 11.2. The van der Waals surface area contributed by atoms with E-state index >= 15 is 0 Å². The Labute approximate surface area is 105 Å². The van der Waals surface area contributed by atoms with E-state index in [2.05, 4.69) is 10.3 Å². The van der Waals surface area contributed by atoms with E-state index in [9.17, 15) is 9.90 Å². The van der Waals surface area contributed by atoms with E-state index in [1.54, 1.807) is 19.2 Å². The van der Waals surface area contributed by atoms with Crippen molar-refractivity contribution in [2.24, 2.45) is 0 Å². The molecule has 0 bridgehead atoms. The molecular formula is C12H16N2O2S. The topological polar surface area (TPSA) is 62.2 Å². The number of aryl methyl sites for hydroxylation is 1. The summed E-state index contributed by atoms with van der Waals surface area (Å²) in [6, 6.07) is 2.06. The second-order valence-corrected chi connectivity index (χ2v) is 5.36. The van der Waals surface area contributed by atoms with Gasteiger partial charge < -0.3 is 10.4 Å². The van der Waals surface area contributed by atoms with E-state index in [4.69, 9.17) is 0 Å². The fourth-order valence-corrected chi connectivity index (χ4v) is 3.06. The van der Waals surface area contributed by atoms with Crippen LogP contribution in [-0.4, -0.2) is 33.6 Å². The molecule has 0 aromatic carbocycles. The fourth-order valence-electron chi connectivity index (χ4n) is 1.99. The quantitative estimate of drug-likeness (QED) is 0.865. The number of carboxylic acid groups (broad SMARTS) is 1. The van der Waals surface area contributed by atoms with Gasteiger partial charge in [-0.3, -0.25) is 0 Å². The van der Waals surface area contributed by atoms with Gasteiger partial charge in [0.15, 0.2) is 0 Å². The molecule has 0 amide bonds. The molecular weight excluding hydrogens is 236 g/mol. The van der Waals surface area contributed by atoms with Crippen molar-refractivity contribution in [1.29, 1.82) is 0 Å². The van der Waals surface area contributed by atoms with Gasteiger partial charge in [-0.15, -0.1) is 0 Å². The van der Waals surface area contributed by atoms with Crippen LogP contribution in [0, 0.1) is 6.92 Å². The Hall–Kier alpha value is -1.23. The molecule has 2 N–H and O–H groups in total. The highest BCUT2D eigenvalue weighted by Crippen LogP contribution is 2.23. The molecule has 1 atom stereocenters. The molecule has 5 heteroatoms. The van der Waals surface area contributed by atoms with Crippen molar-refractivity contribution in [3.8, 4) is 0 Å². The molecule has 4 nitrogen and oxygen atoms in total. The molecule has 92 valence electrons. The Bertz CT molecular complexity index is 417. The SMILES string of the molecule is Cc1ccnc(NC2CCCSC2)c1C(=O)O. The molecule has 1 aliphatic rings. The first-order valence-corrected chi connectivity index (χ1v) is 6.87. The molecule has 0 aliphatic carbocycles. The summed E-state index contributed by atoms with van der Waals surface area (Å²) in [5.74, 6) is 1.81. The first-order valence-electron chi connectivity index (χ1n) is 5.71. The fraction of sp³-hybridized carbons (Fsp3) is 0.500. The Morgan fingerprint density at radius 3 is 3.12 bits per heavy atom. The molecule has 0 radical (unpaired) electrons. The minimum Gasteiger partial charge on any atom is -0.478 e. The smallest absolute Gasteiger partial charge is 0.339 e. The highest BCUT2D eigenvalue weighted by molar-refractivity contribution is 7.99. The van der Waals surface area contributed by atoms with Crippen molar-refractivity contribution < 1.29 is 9.90 Å². The van der Waals surface area contributed by atoms with Crippen molar-refractivity contribution in [1.82, 2.24) is 4.98 Å². The normalized spacial score (nSPS) is 19.9. The molecule has 1 aliphatic heterocycles. The van der Waals surface area contributed by atoms with Crippen LogP contribution in [0.15, 0.2) is 12.3 Å². The lowest BCUT2D eigenvalue weighted by molar-refractivity contribution is 0.0697. The monoisotopic (exact) mass is 252 g/mol. The van der Waals surface area contributed by atoms with Crippen molar-refractivity contribution >= 4 is 23.5 Å². The summed E-state index contributed by atoms with van der Waals surface area (Å²) in [7, 11) is 0. The average molecular weight is 252 g/mol. The van der Waals surface area contributed by atoms with Gasteiger partial charge in [0.25, 0.3) is 0 Å². The molecule has 1 aromatic heterocycles. The highest BCUT2D eigenvalue weighted by atomic mass is 32.2. The van der Waals surface area contributed by atoms with Crippen LogP contribution in [0.25, 0.3) is 0 Å². The van der Waals surface area contributed by atoms with Gasteiger partial charge in [0, 0.05) is 18.0 Å².